The number of hydrogen-bond acceptors (Lipinski definition) is 2. The quantitative estimate of drug-likeness (QED) is 0.705. The topological polar surface area (TPSA) is 21.3 Å². The van der Waals surface area contributed by atoms with Crippen molar-refractivity contribution < 1.29 is 4.74 Å². The second-order valence-corrected chi connectivity index (χ2v) is 4.50. The highest BCUT2D eigenvalue weighted by Crippen LogP contribution is 2.26. The van der Waals surface area contributed by atoms with Gasteiger partial charge in [0.05, 0.1) is 0 Å². The molecule has 0 amide bonds. The Morgan fingerprint density at radius 2 is 1.92 bits per heavy atom. The molecule has 2 heterocycles. The molecule has 0 bridgehead atoms. The van der Waals surface area contributed by atoms with Crippen molar-refractivity contribution in [3.63, 3.8) is 0 Å². The largest absolute Gasteiger partial charge is 0.381 e. The molecule has 2 nitrogen and oxygen atoms in total. The van der Waals surface area contributed by atoms with Gasteiger partial charge in [0, 0.05) is 13.2 Å². The molecule has 0 aromatic rings. The maximum atomic E-state index is 5.37. The van der Waals surface area contributed by atoms with Crippen LogP contribution in [0.25, 0.3) is 0 Å². The first kappa shape index (κ1) is 9.47. The van der Waals surface area contributed by atoms with Gasteiger partial charge in [-0.25, -0.2) is 0 Å². The van der Waals surface area contributed by atoms with Crippen molar-refractivity contribution in [2.24, 2.45) is 11.8 Å². The minimum Gasteiger partial charge on any atom is -0.381 e. The van der Waals surface area contributed by atoms with Gasteiger partial charge in [0.2, 0.25) is 0 Å². The third kappa shape index (κ3) is 2.96. The molecule has 1 N–H and O–H groups in total. The van der Waals surface area contributed by atoms with Crippen LogP contribution in [0.15, 0.2) is 0 Å². The van der Waals surface area contributed by atoms with Crippen LogP contribution in [0.1, 0.15) is 32.1 Å². The fourth-order valence-corrected chi connectivity index (χ4v) is 2.58. The van der Waals surface area contributed by atoms with E-state index >= 15 is 0 Å². The summed E-state index contributed by atoms with van der Waals surface area (Å²) in [6, 6.07) is 0. The number of piperidine rings is 1. The molecule has 0 spiro atoms. The molecule has 2 aliphatic rings. The van der Waals surface area contributed by atoms with Crippen molar-refractivity contribution >= 4 is 0 Å². The van der Waals surface area contributed by atoms with Crippen molar-refractivity contribution in [3.05, 3.63) is 0 Å². The molecular weight excluding hydrogens is 162 g/mol. The van der Waals surface area contributed by atoms with Crippen LogP contribution in [0.3, 0.4) is 0 Å². The predicted octanol–water partition coefficient (Wildman–Crippen LogP) is 1.80. The van der Waals surface area contributed by atoms with Gasteiger partial charge >= 0.3 is 0 Å². The molecule has 2 aliphatic heterocycles. The first-order chi connectivity index (χ1) is 6.45. The Balaban J connectivity index is 1.69. The first-order valence-electron chi connectivity index (χ1n) is 5.73. The third-order valence-corrected chi connectivity index (χ3v) is 3.41. The van der Waals surface area contributed by atoms with Gasteiger partial charge in [-0.2, -0.15) is 0 Å². The van der Waals surface area contributed by atoms with Gasteiger partial charge in [0.15, 0.2) is 0 Å². The van der Waals surface area contributed by atoms with Gasteiger partial charge < -0.3 is 10.1 Å². The van der Waals surface area contributed by atoms with Crippen molar-refractivity contribution in [1.29, 1.82) is 0 Å². The summed E-state index contributed by atoms with van der Waals surface area (Å²) in [4.78, 5) is 0. The Kier molecular flexibility index (Phi) is 3.62. The molecule has 2 saturated heterocycles. The van der Waals surface area contributed by atoms with Gasteiger partial charge in [0.1, 0.15) is 0 Å². The van der Waals surface area contributed by atoms with E-state index in [0.29, 0.717) is 0 Å². The molecule has 0 aromatic carbocycles. The van der Waals surface area contributed by atoms with E-state index in [-0.39, 0.29) is 0 Å². The van der Waals surface area contributed by atoms with E-state index in [1.807, 2.05) is 0 Å². The SMILES string of the molecule is C1CNC[C@@H](CC2CCOCC2)C1. The zero-order valence-corrected chi connectivity index (χ0v) is 8.43. The van der Waals surface area contributed by atoms with Crippen LogP contribution in [0.5, 0.6) is 0 Å². The lowest BCUT2D eigenvalue weighted by Crippen LogP contribution is -2.31. The highest BCUT2D eigenvalue weighted by Gasteiger charge is 2.20. The number of rotatable bonds is 2. The summed E-state index contributed by atoms with van der Waals surface area (Å²) in [6.07, 6.45) is 6.88. The van der Waals surface area contributed by atoms with Crippen molar-refractivity contribution in [2.75, 3.05) is 26.3 Å². The summed E-state index contributed by atoms with van der Waals surface area (Å²) in [6.45, 7) is 4.51. The number of nitrogens with one attached hydrogen (secondary N) is 1. The third-order valence-electron chi connectivity index (χ3n) is 3.41. The zero-order chi connectivity index (χ0) is 8.93. The lowest BCUT2D eigenvalue weighted by Gasteiger charge is -2.29. The standard InChI is InChI=1S/C11H21NO/c1-2-11(9-12-5-1)8-10-3-6-13-7-4-10/h10-12H,1-9H2/t11-/m1/s1. The highest BCUT2D eigenvalue weighted by atomic mass is 16.5. The summed E-state index contributed by atoms with van der Waals surface area (Å²) in [5.41, 5.74) is 0. The van der Waals surface area contributed by atoms with Crippen LogP contribution in [0.4, 0.5) is 0 Å². The molecule has 0 aliphatic carbocycles. The normalized spacial score (nSPS) is 31.8. The molecule has 0 unspecified atom stereocenters. The average Bonchev–Trinajstić information content (AvgIpc) is 2.21. The summed E-state index contributed by atoms with van der Waals surface area (Å²) in [5, 5.41) is 3.49. The zero-order valence-electron chi connectivity index (χ0n) is 8.43. The van der Waals surface area contributed by atoms with Crippen LogP contribution in [-0.4, -0.2) is 26.3 Å². The second kappa shape index (κ2) is 4.97. The highest BCUT2D eigenvalue weighted by molar-refractivity contribution is 4.74. The van der Waals surface area contributed by atoms with Gasteiger partial charge in [-0.15, -0.1) is 0 Å². The maximum Gasteiger partial charge on any atom is 0.0468 e. The predicted molar refractivity (Wildman–Crippen MR) is 53.8 cm³/mol. The Morgan fingerprint density at radius 1 is 1.08 bits per heavy atom. The Bertz CT molecular complexity index is 121. The average molecular weight is 183 g/mol. The first-order valence-corrected chi connectivity index (χ1v) is 5.73. The van der Waals surface area contributed by atoms with Gasteiger partial charge in [-0.3, -0.25) is 0 Å². The Labute approximate surface area is 81.0 Å². The molecule has 2 rings (SSSR count). The van der Waals surface area contributed by atoms with Gasteiger partial charge in [-0.05, 0) is 57.0 Å². The maximum absolute atomic E-state index is 5.37. The van der Waals surface area contributed by atoms with Gasteiger partial charge in [-0.1, -0.05) is 0 Å². The van der Waals surface area contributed by atoms with Crippen molar-refractivity contribution in [3.8, 4) is 0 Å². The van der Waals surface area contributed by atoms with E-state index in [0.717, 1.165) is 25.0 Å². The van der Waals surface area contributed by atoms with Crippen LogP contribution in [0, 0.1) is 11.8 Å². The van der Waals surface area contributed by atoms with E-state index in [1.165, 1.54) is 45.2 Å². The van der Waals surface area contributed by atoms with Crippen LogP contribution in [0.2, 0.25) is 0 Å². The molecule has 0 radical (unpaired) electrons. The molecule has 2 fully saturated rings. The fourth-order valence-electron chi connectivity index (χ4n) is 2.58. The summed E-state index contributed by atoms with van der Waals surface area (Å²) in [7, 11) is 0. The van der Waals surface area contributed by atoms with Crippen LogP contribution in [-0.2, 0) is 4.74 Å². The molecular formula is C11H21NO. The van der Waals surface area contributed by atoms with Crippen LogP contribution < -0.4 is 5.32 Å². The van der Waals surface area contributed by atoms with Crippen molar-refractivity contribution in [2.45, 2.75) is 32.1 Å². The fraction of sp³-hybridized carbons (Fsp3) is 1.00. The Morgan fingerprint density at radius 3 is 2.62 bits per heavy atom. The second-order valence-electron chi connectivity index (χ2n) is 4.50. The Hall–Kier alpha value is -0.0800. The molecule has 76 valence electrons. The summed E-state index contributed by atoms with van der Waals surface area (Å²) in [5.74, 6) is 1.91. The lowest BCUT2D eigenvalue weighted by molar-refractivity contribution is 0.0571. The number of ether oxygens (including phenoxy) is 1. The molecule has 13 heavy (non-hydrogen) atoms. The number of hydrogen-bond donors (Lipinski definition) is 1. The summed E-state index contributed by atoms with van der Waals surface area (Å²) < 4.78 is 5.37. The van der Waals surface area contributed by atoms with Crippen LogP contribution >= 0.6 is 0 Å². The minimum absolute atomic E-state index is 0.955. The minimum atomic E-state index is 0.955. The van der Waals surface area contributed by atoms with E-state index in [4.69, 9.17) is 4.74 Å². The van der Waals surface area contributed by atoms with E-state index in [9.17, 15) is 0 Å². The van der Waals surface area contributed by atoms with Crippen molar-refractivity contribution in [1.82, 2.24) is 5.32 Å². The molecule has 0 aromatic heterocycles. The monoisotopic (exact) mass is 183 g/mol. The summed E-state index contributed by atoms with van der Waals surface area (Å²) >= 11 is 0. The van der Waals surface area contributed by atoms with Gasteiger partial charge in [0.25, 0.3) is 0 Å². The van der Waals surface area contributed by atoms with E-state index in [2.05, 4.69) is 5.32 Å². The molecule has 0 saturated carbocycles. The molecule has 1 atom stereocenters. The van der Waals surface area contributed by atoms with E-state index < -0.39 is 0 Å². The molecule has 2 heteroatoms. The smallest absolute Gasteiger partial charge is 0.0468 e. The van der Waals surface area contributed by atoms with E-state index in [1.54, 1.807) is 0 Å². The lowest BCUT2D eigenvalue weighted by atomic mass is 9.85.